The number of carboxylic acids is 1. The van der Waals surface area contributed by atoms with E-state index in [4.69, 9.17) is 5.11 Å². The van der Waals surface area contributed by atoms with Crippen LogP contribution >= 0.6 is 0 Å². The Morgan fingerprint density at radius 3 is 3.00 bits per heavy atom. The Hall–Kier alpha value is -1.91. The maximum absolute atomic E-state index is 11.4. The topological polar surface area (TPSA) is 70.5 Å². The van der Waals surface area contributed by atoms with Crippen molar-refractivity contribution < 1.29 is 14.7 Å². The predicted octanol–water partition coefficient (Wildman–Crippen LogP) is 0.902. The lowest BCUT2D eigenvalue weighted by atomic mass is 10.2. The molecule has 0 bridgehead atoms. The van der Waals surface area contributed by atoms with Gasteiger partial charge < -0.3 is 10.0 Å². The van der Waals surface area contributed by atoms with Gasteiger partial charge in [0.05, 0.1) is 0 Å². The third-order valence-electron chi connectivity index (χ3n) is 2.59. The number of likely N-dealkylation sites (tertiary alicyclic amines) is 1. The number of nitrogens with zero attached hydrogens (tertiary/aromatic N) is 2. The molecule has 1 fully saturated rings. The first kappa shape index (κ1) is 10.6. The lowest BCUT2D eigenvalue weighted by Crippen LogP contribution is -2.24. The minimum atomic E-state index is -1.05. The standard InChI is InChI=1S/C11H12N2O3/c14-10-2-1-5-13(10)7-8-3-4-12-9(6-8)11(15)16/h3-4,6H,1-2,5,7H2,(H,15,16). The summed E-state index contributed by atoms with van der Waals surface area (Å²) in [5.41, 5.74) is 0.826. The Morgan fingerprint density at radius 2 is 2.38 bits per heavy atom. The van der Waals surface area contributed by atoms with Crippen molar-refractivity contribution in [3.8, 4) is 0 Å². The molecular formula is C11H12N2O3. The predicted molar refractivity (Wildman–Crippen MR) is 55.8 cm³/mol. The lowest BCUT2D eigenvalue weighted by molar-refractivity contribution is -0.128. The third kappa shape index (κ3) is 2.18. The number of pyridine rings is 1. The number of aromatic carboxylic acids is 1. The molecule has 1 saturated heterocycles. The van der Waals surface area contributed by atoms with Crippen molar-refractivity contribution >= 4 is 11.9 Å². The molecule has 0 aromatic carbocycles. The zero-order valence-electron chi connectivity index (χ0n) is 8.72. The van der Waals surface area contributed by atoms with Gasteiger partial charge in [-0.1, -0.05) is 0 Å². The summed E-state index contributed by atoms with van der Waals surface area (Å²) in [6.07, 6.45) is 2.94. The van der Waals surface area contributed by atoms with Crippen molar-refractivity contribution in [3.63, 3.8) is 0 Å². The van der Waals surface area contributed by atoms with E-state index >= 15 is 0 Å². The van der Waals surface area contributed by atoms with Gasteiger partial charge in [-0.25, -0.2) is 9.78 Å². The molecule has 84 valence electrons. The van der Waals surface area contributed by atoms with Crippen LogP contribution in [0.3, 0.4) is 0 Å². The van der Waals surface area contributed by atoms with Gasteiger partial charge in [0.15, 0.2) is 0 Å². The minimum absolute atomic E-state index is 0.0177. The monoisotopic (exact) mass is 220 g/mol. The maximum atomic E-state index is 11.4. The molecule has 1 N–H and O–H groups in total. The minimum Gasteiger partial charge on any atom is -0.477 e. The second kappa shape index (κ2) is 4.30. The number of hydrogen-bond donors (Lipinski definition) is 1. The number of rotatable bonds is 3. The van der Waals surface area contributed by atoms with Crippen molar-refractivity contribution in [3.05, 3.63) is 29.6 Å². The number of carboxylic acid groups (broad SMARTS) is 1. The Kier molecular flexibility index (Phi) is 2.85. The van der Waals surface area contributed by atoms with Crippen LogP contribution in [0.4, 0.5) is 0 Å². The zero-order chi connectivity index (χ0) is 11.5. The Labute approximate surface area is 92.7 Å². The van der Waals surface area contributed by atoms with Gasteiger partial charge in [-0.2, -0.15) is 0 Å². The molecule has 2 heterocycles. The molecule has 0 atom stereocenters. The molecule has 1 amide bonds. The van der Waals surface area contributed by atoms with Crippen molar-refractivity contribution in [2.45, 2.75) is 19.4 Å². The molecule has 2 rings (SSSR count). The van der Waals surface area contributed by atoms with Crippen LogP contribution in [0, 0.1) is 0 Å². The molecule has 16 heavy (non-hydrogen) atoms. The molecule has 1 aliphatic heterocycles. The van der Waals surface area contributed by atoms with E-state index in [-0.39, 0.29) is 11.6 Å². The molecule has 0 aliphatic carbocycles. The Balaban J connectivity index is 2.12. The molecule has 0 unspecified atom stereocenters. The summed E-state index contributed by atoms with van der Waals surface area (Å²) in [6, 6.07) is 3.24. The highest BCUT2D eigenvalue weighted by molar-refractivity contribution is 5.85. The average Bonchev–Trinajstić information content (AvgIpc) is 2.65. The van der Waals surface area contributed by atoms with Crippen LogP contribution in [-0.2, 0) is 11.3 Å². The van der Waals surface area contributed by atoms with Crippen LogP contribution in [0.15, 0.2) is 18.3 Å². The average molecular weight is 220 g/mol. The number of aromatic nitrogens is 1. The highest BCUT2D eigenvalue weighted by atomic mass is 16.4. The van der Waals surface area contributed by atoms with Crippen molar-refractivity contribution in [2.75, 3.05) is 6.54 Å². The van der Waals surface area contributed by atoms with E-state index < -0.39 is 5.97 Å². The fourth-order valence-electron chi connectivity index (χ4n) is 1.78. The fourth-order valence-corrected chi connectivity index (χ4v) is 1.78. The van der Waals surface area contributed by atoms with Crippen LogP contribution in [0.2, 0.25) is 0 Å². The molecule has 1 aliphatic rings. The first-order chi connectivity index (χ1) is 7.66. The van der Waals surface area contributed by atoms with E-state index in [1.807, 2.05) is 0 Å². The number of carbonyl (C=O) groups excluding carboxylic acids is 1. The fraction of sp³-hybridized carbons (Fsp3) is 0.364. The van der Waals surface area contributed by atoms with Crippen molar-refractivity contribution in [2.24, 2.45) is 0 Å². The molecule has 5 heteroatoms. The second-order valence-electron chi connectivity index (χ2n) is 3.77. The van der Waals surface area contributed by atoms with Crippen LogP contribution in [0.1, 0.15) is 28.9 Å². The maximum Gasteiger partial charge on any atom is 0.354 e. The third-order valence-corrected chi connectivity index (χ3v) is 2.59. The molecule has 0 spiro atoms. The summed E-state index contributed by atoms with van der Waals surface area (Å²) >= 11 is 0. The van der Waals surface area contributed by atoms with Gasteiger partial charge in [0.2, 0.25) is 5.91 Å². The second-order valence-corrected chi connectivity index (χ2v) is 3.77. The highest BCUT2D eigenvalue weighted by Crippen LogP contribution is 2.14. The summed E-state index contributed by atoms with van der Waals surface area (Å²) in [6.45, 7) is 1.23. The number of carbonyl (C=O) groups is 2. The van der Waals surface area contributed by atoms with Gasteiger partial charge in [0, 0.05) is 25.7 Å². The number of amides is 1. The van der Waals surface area contributed by atoms with Gasteiger partial charge in [-0.05, 0) is 24.1 Å². The zero-order valence-corrected chi connectivity index (χ0v) is 8.72. The van der Waals surface area contributed by atoms with Crippen molar-refractivity contribution in [1.29, 1.82) is 0 Å². The van der Waals surface area contributed by atoms with E-state index in [1.54, 1.807) is 11.0 Å². The molecule has 0 saturated carbocycles. The molecular weight excluding hydrogens is 208 g/mol. The van der Waals surface area contributed by atoms with Crippen molar-refractivity contribution in [1.82, 2.24) is 9.88 Å². The summed E-state index contributed by atoms with van der Waals surface area (Å²) in [7, 11) is 0. The normalized spacial score (nSPS) is 15.5. The first-order valence-corrected chi connectivity index (χ1v) is 5.13. The molecule has 0 radical (unpaired) electrons. The molecule has 1 aromatic rings. The van der Waals surface area contributed by atoms with E-state index in [2.05, 4.69) is 4.98 Å². The van der Waals surface area contributed by atoms with Crippen LogP contribution in [0.25, 0.3) is 0 Å². The smallest absolute Gasteiger partial charge is 0.354 e. The molecule has 1 aromatic heterocycles. The van der Waals surface area contributed by atoms with Crippen LogP contribution in [0.5, 0.6) is 0 Å². The summed E-state index contributed by atoms with van der Waals surface area (Å²) in [5, 5.41) is 8.78. The van der Waals surface area contributed by atoms with Gasteiger partial charge in [0.1, 0.15) is 5.69 Å². The summed E-state index contributed by atoms with van der Waals surface area (Å²) in [4.78, 5) is 27.6. The first-order valence-electron chi connectivity index (χ1n) is 5.13. The Morgan fingerprint density at radius 1 is 1.56 bits per heavy atom. The van der Waals surface area contributed by atoms with E-state index in [0.717, 1.165) is 18.5 Å². The van der Waals surface area contributed by atoms with Gasteiger partial charge in [-0.15, -0.1) is 0 Å². The van der Waals surface area contributed by atoms with Crippen LogP contribution in [-0.4, -0.2) is 33.4 Å². The van der Waals surface area contributed by atoms with Crippen LogP contribution < -0.4 is 0 Å². The van der Waals surface area contributed by atoms with Gasteiger partial charge in [0.25, 0.3) is 0 Å². The largest absolute Gasteiger partial charge is 0.477 e. The Bertz CT molecular complexity index is 431. The molecule has 5 nitrogen and oxygen atoms in total. The SMILES string of the molecule is O=C(O)c1cc(CN2CCCC2=O)ccn1. The highest BCUT2D eigenvalue weighted by Gasteiger charge is 2.20. The van der Waals surface area contributed by atoms with Gasteiger partial charge >= 0.3 is 5.97 Å². The lowest BCUT2D eigenvalue weighted by Gasteiger charge is -2.15. The summed E-state index contributed by atoms with van der Waals surface area (Å²) < 4.78 is 0. The quantitative estimate of drug-likeness (QED) is 0.821. The van der Waals surface area contributed by atoms with E-state index in [1.165, 1.54) is 12.3 Å². The summed E-state index contributed by atoms with van der Waals surface area (Å²) in [5.74, 6) is -0.914. The number of hydrogen-bond acceptors (Lipinski definition) is 3. The van der Waals surface area contributed by atoms with E-state index in [0.29, 0.717) is 13.0 Å². The van der Waals surface area contributed by atoms with Gasteiger partial charge in [-0.3, -0.25) is 4.79 Å². The van der Waals surface area contributed by atoms with E-state index in [9.17, 15) is 9.59 Å².